The maximum Gasteiger partial charge on any atom is 0.321 e. The largest absolute Gasteiger partial charge is 0.466 e. The van der Waals surface area contributed by atoms with Crippen molar-refractivity contribution in [2.75, 3.05) is 24.6 Å². The van der Waals surface area contributed by atoms with Crippen LogP contribution in [0.3, 0.4) is 0 Å². The first kappa shape index (κ1) is 13.4. The first-order valence-electron chi connectivity index (χ1n) is 6.50. The average molecular weight is 262 g/mol. The third kappa shape index (κ3) is 3.47. The lowest BCUT2D eigenvalue weighted by molar-refractivity contribution is -0.143. The van der Waals surface area contributed by atoms with Gasteiger partial charge in [0.1, 0.15) is 0 Å². The Morgan fingerprint density at radius 1 is 1.37 bits per heavy atom. The fraction of sp³-hybridized carbons (Fsp3) is 0.429. The molecule has 0 unspecified atom stereocenters. The van der Waals surface area contributed by atoms with Crippen LogP contribution in [0.15, 0.2) is 24.3 Å². The zero-order chi connectivity index (χ0) is 13.7. The number of carbonyl (C=O) groups excluding carboxylic acids is 2. The molecule has 0 bridgehead atoms. The normalized spacial score (nSPS) is 14.4. The topological polar surface area (TPSA) is 58.6 Å². The van der Waals surface area contributed by atoms with Crippen molar-refractivity contribution in [1.82, 2.24) is 5.32 Å². The van der Waals surface area contributed by atoms with Crippen LogP contribution < -0.4 is 10.2 Å². The van der Waals surface area contributed by atoms with Gasteiger partial charge in [0.25, 0.3) is 0 Å². The number of nitrogens with one attached hydrogen (secondary N) is 1. The van der Waals surface area contributed by atoms with Crippen LogP contribution in [0, 0.1) is 0 Å². The molecule has 1 N–H and O–H groups in total. The highest BCUT2D eigenvalue weighted by Gasteiger charge is 2.20. The van der Waals surface area contributed by atoms with E-state index in [1.54, 1.807) is 11.8 Å². The molecule has 1 aliphatic heterocycles. The molecule has 1 saturated heterocycles. The predicted octanol–water partition coefficient (Wildman–Crippen LogP) is 1.71. The van der Waals surface area contributed by atoms with Gasteiger partial charge in [-0.25, -0.2) is 4.79 Å². The van der Waals surface area contributed by atoms with Crippen molar-refractivity contribution in [2.45, 2.75) is 19.8 Å². The van der Waals surface area contributed by atoms with Gasteiger partial charge in [0.2, 0.25) is 0 Å². The van der Waals surface area contributed by atoms with Crippen LogP contribution in [0.25, 0.3) is 0 Å². The SMILES string of the molecule is CCOC(=O)CCc1ccc(N2CCNC2=O)cc1. The van der Waals surface area contributed by atoms with E-state index in [1.165, 1.54) is 0 Å². The molecule has 1 aromatic rings. The van der Waals surface area contributed by atoms with E-state index in [0.29, 0.717) is 32.5 Å². The first-order valence-corrected chi connectivity index (χ1v) is 6.50. The van der Waals surface area contributed by atoms with Gasteiger partial charge in [0.15, 0.2) is 0 Å². The van der Waals surface area contributed by atoms with Gasteiger partial charge < -0.3 is 10.1 Å². The van der Waals surface area contributed by atoms with E-state index in [4.69, 9.17) is 4.74 Å². The summed E-state index contributed by atoms with van der Waals surface area (Å²) < 4.78 is 4.88. The maximum absolute atomic E-state index is 11.5. The van der Waals surface area contributed by atoms with Crippen LogP contribution >= 0.6 is 0 Å². The molecule has 1 aromatic carbocycles. The minimum absolute atomic E-state index is 0.0562. The van der Waals surface area contributed by atoms with Crippen LogP contribution in [-0.4, -0.2) is 31.7 Å². The smallest absolute Gasteiger partial charge is 0.321 e. The average Bonchev–Trinajstić information content (AvgIpc) is 2.84. The Hall–Kier alpha value is -2.04. The number of anilines is 1. The maximum atomic E-state index is 11.5. The summed E-state index contributed by atoms with van der Waals surface area (Å²) in [5.74, 6) is -0.175. The summed E-state index contributed by atoms with van der Waals surface area (Å²) in [6, 6.07) is 7.65. The molecule has 1 aliphatic rings. The number of hydrogen-bond donors (Lipinski definition) is 1. The predicted molar refractivity (Wildman–Crippen MR) is 72.1 cm³/mol. The third-order valence-corrected chi connectivity index (χ3v) is 3.03. The summed E-state index contributed by atoms with van der Waals surface area (Å²) in [4.78, 5) is 24.5. The fourth-order valence-corrected chi connectivity index (χ4v) is 2.04. The lowest BCUT2D eigenvalue weighted by Crippen LogP contribution is -2.27. The fourth-order valence-electron chi connectivity index (χ4n) is 2.04. The Kier molecular flexibility index (Phi) is 4.39. The van der Waals surface area contributed by atoms with E-state index in [0.717, 1.165) is 11.3 Å². The molecule has 19 heavy (non-hydrogen) atoms. The Morgan fingerprint density at radius 3 is 2.68 bits per heavy atom. The number of hydrogen-bond acceptors (Lipinski definition) is 3. The first-order chi connectivity index (χ1) is 9.20. The molecule has 0 saturated carbocycles. The van der Waals surface area contributed by atoms with Crippen molar-refractivity contribution in [1.29, 1.82) is 0 Å². The summed E-state index contributed by atoms with van der Waals surface area (Å²) >= 11 is 0. The van der Waals surface area contributed by atoms with Crippen LogP contribution in [0.5, 0.6) is 0 Å². The number of rotatable bonds is 5. The monoisotopic (exact) mass is 262 g/mol. The molecule has 5 heteroatoms. The number of urea groups is 1. The van der Waals surface area contributed by atoms with Gasteiger partial charge in [0, 0.05) is 25.2 Å². The van der Waals surface area contributed by atoms with E-state index < -0.39 is 0 Å². The lowest BCUT2D eigenvalue weighted by Gasteiger charge is -2.14. The van der Waals surface area contributed by atoms with Crippen molar-refractivity contribution in [3.8, 4) is 0 Å². The van der Waals surface area contributed by atoms with E-state index in [9.17, 15) is 9.59 Å². The Bertz CT molecular complexity index is 456. The van der Waals surface area contributed by atoms with E-state index in [1.807, 2.05) is 24.3 Å². The number of aryl methyl sites for hydroxylation is 1. The summed E-state index contributed by atoms with van der Waals surface area (Å²) in [6.45, 7) is 3.60. The van der Waals surface area contributed by atoms with Crippen molar-refractivity contribution in [2.24, 2.45) is 0 Å². The van der Waals surface area contributed by atoms with Gasteiger partial charge in [0.05, 0.1) is 6.61 Å². The van der Waals surface area contributed by atoms with Gasteiger partial charge in [-0.3, -0.25) is 9.69 Å². The summed E-state index contributed by atoms with van der Waals surface area (Å²) in [6.07, 6.45) is 1.04. The van der Waals surface area contributed by atoms with Crippen molar-refractivity contribution < 1.29 is 14.3 Å². The minimum Gasteiger partial charge on any atom is -0.466 e. The highest BCUT2D eigenvalue weighted by Crippen LogP contribution is 2.17. The van der Waals surface area contributed by atoms with Gasteiger partial charge in [-0.15, -0.1) is 0 Å². The molecule has 0 radical (unpaired) electrons. The molecule has 1 heterocycles. The van der Waals surface area contributed by atoms with E-state index in [2.05, 4.69) is 5.32 Å². The number of benzene rings is 1. The second kappa shape index (κ2) is 6.22. The van der Waals surface area contributed by atoms with Gasteiger partial charge in [-0.05, 0) is 31.0 Å². The zero-order valence-corrected chi connectivity index (χ0v) is 11.0. The highest BCUT2D eigenvalue weighted by atomic mass is 16.5. The highest BCUT2D eigenvalue weighted by molar-refractivity contribution is 5.93. The third-order valence-electron chi connectivity index (χ3n) is 3.03. The molecule has 0 atom stereocenters. The quantitative estimate of drug-likeness (QED) is 0.822. The number of amides is 2. The van der Waals surface area contributed by atoms with Crippen LogP contribution in [0.4, 0.5) is 10.5 Å². The standard InChI is InChI=1S/C14H18N2O3/c1-2-19-13(17)8-5-11-3-6-12(7-4-11)16-10-9-15-14(16)18/h3-4,6-7H,2,5,8-10H2,1H3,(H,15,18). The molecule has 102 valence electrons. The molecular formula is C14H18N2O3. The Balaban J connectivity index is 1.91. The minimum atomic E-state index is -0.175. The van der Waals surface area contributed by atoms with Crippen molar-refractivity contribution >= 4 is 17.7 Å². The number of esters is 1. The summed E-state index contributed by atoms with van der Waals surface area (Å²) in [7, 11) is 0. The van der Waals surface area contributed by atoms with Crippen LogP contribution in [0.2, 0.25) is 0 Å². The van der Waals surface area contributed by atoms with Crippen LogP contribution in [-0.2, 0) is 16.0 Å². The van der Waals surface area contributed by atoms with Gasteiger partial charge in [-0.1, -0.05) is 12.1 Å². The molecule has 2 rings (SSSR count). The van der Waals surface area contributed by atoms with Crippen molar-refractivity contribution in [3.05, 3.63) is 29.8 Å². The number of ether oxygens (including phenoxy) is 1. The molecule has 5 nitrogen and oxygen atoms in total. The molecular weight excluding hydrogens is 244 g/mol. The summed E-state index contributed by atoms with van der Waals surface area (Å²) in [5, 5.41) is 2.76. The zero-order valence-electron chi connectivity index (χ0n) is 11.0. The van der Waals surface area contributed by atoms with Crippen LogP contribution in [0.1, 0.15) is 18.9 Å². The second-order valence-electron chi connectivity index (χ2n) is 4.36. The summed E-state index contributed by atoms with van der Waals surface area (Å²) in [5.41, 5.74) is 1.95. The second-order valence-corrected chi connectivity index (χ2v) is 4.36. The molecule has 1 fully saturated rings. The van der Waals surface area contributed by atoms with E-state index in [-0.39, 0.29) is 12.0 Å². The number of nitrogens with zero attached hydrogens (tertiary/aromatic N) is 1. The van der Waals surface area contributed by atoms with E-state index >= 15 is 0 Å². The van der Waals surface area contributed by atoms with Gasteiger partial charge >= 0.3 is 12.0 Å². The molecule has 0 aromatic heterocycles. The molecule has 0 aliphatic carbocycles. The number of carbonyl (C=O) groups is 2. The lowest BCUT2D eigenvalue weighted by atomic mass is 10.1. The van der Waals surface area contributed by atoms with Crippen molar-refractivity contribution in [3.63, 3.8) is 0 Å². The Labute approximate surface area is 112 Å². The Morgan fingerprint density at radius 2 is 2.11 bits per heavy atom. The van der Waals surface area contributed by atoms with Gasteiger partial charge in [-0.2, -0.15) is 0 Å². The molecule has 0 spiro atoms. The molecule has 2 amide bonds.